The molecule has 0 bridgehead atoms. The fourth-order valence-electron chi connectivity index (χ4n) is 2.99. The summed E-state index contributed by atoms with van der Waals surface area (Å²) in [6.07, 6.45) is 2.36. The minimum Gasteiger partial charge on any atom is -0.317 e. The molecule has 1 N–H and O–H groups in total. The van der Waals surface area contributed by atoms with Crippen molar-refractivity contribution in [3.05, 3.63) is 0 Å². The fraction of sp³-hybridized carbons (Fsp3) is 1.00. The molecule has 0 aromatic carbocycles. The van der Waals surface area contributed by atoms with E-state index in [9.17, 15) is 8.78 Å². The molecule has 2 rings (SSSR count). The smallest absolute Gasteiger partial charge is 0.249 e. The standard InChI is InChI=1S/C10H17F2N/c1-2-13-5-8-3-9(4-8)6-10(11,12)7-9/h8,13H,2-7H2,1H3. The Hall–Kier alpha value is -0.180. The topological polar surface area (TPSA) is 12.0 Å². The Labute approximate surface area is 77.9 Å². The molecular weight excluding hydrogens is 172 g/mol. The summed E-state index contributed by atoms with van der Waals surface area (Å²) in [7, 11) is 0. The Morgan fingerprint density at radius 1 is 1.31 bits per heavy atom. The van der Waals surface area contributed by atoms with Crippen molar-refractivity contribution in [2.24, 2.45) is 11.3 Å². The van der Waals surface area contributed by atoms with Crippen LogP contribution in [0.1, 0.15) is 32.6 Å². The highest BCUT2D eigenvalue weighted by Crippen LogP contribution is 2.64. The highest BCUT2D eigenvalue weighted by Gasteiger charge is 2.61. The fourth-order valence-corrected chi connectivity index (χ4v) is 2.99. The van der Waals surface area contributed by atoms with Crippen LogP contribution in [-0.2, 0) is 0 Å². The molecule has 1 spiro atoms. The van der Waals surface area contributed by atoms with Crippen LogP contribution in [0.3, 0.4) is 0 Å². The van der Waals surface area contributed by atoms with Crippen LogP contribution in [0.15, 0.2) is 0 Å². The van der Waals surface area contributed by atoms with E-state index in [1.807, 2.05) is 0 Å². The van der Waals surface area contributed by atoms with Crippen molar-refractivity contribution in [2.45, 2.75) is 38.5 Å². The van der Waals surface area contributed by atoms with Crippen molar-refractivity contribution in [2.75, 3.05) is 13.1 Å². The van der Waals surface area contributed by atoms with Gasteiger partial charge in [-0.25, -0.2) is 8.78 Å². The molecule has 0 unspecified atom stereocenters. The number of hydrogen-bond donors (Lipinski definition) is 1. The second kappa shape index (κ2) is 2.91. The molecule has 76 valence electrons. The zero-order chi connectivity index (χ0) is 9.53. The molecule has 0 atom stereocenters. The zero-order valence-electron chi connectivity index (χ0n) is 8.08. The van der Waals surface area contributed by atoms with E-state index in [4.69, 9.17) is 0 Å². The third kappa shape index (κ3) is 1.71. The van der Waals surface area contributed by atoms with E-state index in [0.717, 1.165) is 25.9 Å². The first-order valence-corrected chi connectivity index (χ1v) is 5.14. The lowest BCUT2D eigenvalue weighted by Gasteiger charge is -2.57. The molecule has 0 radical (unpaired) electrons. The molecule has 0 amide bonds. The summed E-state index contributed by atoms with van der Waals surface area (Å²) < 4.78 is 25.2. The maximum absolute atomic E-state index is 12.6. The molecule has 3 heteroatoms. The molecule has 2 saturated carbocycles. The van der Waals surface area contributed by atoms with Gasteiger partial charge in [0.1, 0.15) is 0 Å². The lowest BCUT2D eigenvalue weighted by molar-refractivity contribution is -0.205. The van der Waals surface area contributed by atoms with Crippen molar-refractivity contribution >= 4 is 0 Å². The Morgan fingerprint density at radius 3 is 2.38 bits per heavy atom. The Morgan fingerprint density at radius 2 is 1.92 bits per heavy atom. The molecule has 0 aliphatic heterocycles. The predicted octanol–water partition coefficient (Wildman–Crippen LogP) is 2.42. The van der Waals surface area contributed by atoms with Gasteiger partial charge in [0.05, 0.1) is 0 Å². The van der Waals surface area contributed by atoms with Gasteiger partial charge in [-0.05, 0) is 37.3 Å². The molecule has 1 nitrogen and oxygen atoms in total. The maximum Gasteiger partial charge on any atom is 0.249 e. The molecule has 0 aromatic rings. The second-order valence-corrected chi connectivity index (χ2v) is 4.79. The van der Waals surface area contributed by atoms with Crippen LogP contribution in [0.5, 0.6) is 0 Å². The number of alkyl halides is 2. The van der Waals surface area contributed by atoms with Crippen LogP contribution in [0.4, 0.5) is 8.78 Å². The number of hydrogen-bond acceptors (Lipinski definition) is 1. The van der Waals surface area contributed by atoms with Crippen LogP contribution in [0.25, 0.3) is 0 Å². The van der Waals surface area contributed by atoms with E-state index >= 15 is 0 Å². The second-order valence-electron chi connectivity index (χ2n) is 4.79. The van der Waals surface area contributed by atoms with E-state index in [-0.39, 0.29) is 18.3 Å². The molecule has 0 saturated heterocycles. The number of halogens is 2. The Balaban J connectivity index is 1.68. The van der Waals surface area contributed by atoms with Gasteiger partial charge in [0.25, 0.3) is 0 Å². The summed E-state index contributed by atoms with van der Waals surface area (Å²) in [6.45, 7) is 4.08. The van der Waals surface area contributed by atoms with Gasteiger partial charge in [-0.15, -0.1) is 0 Å². The SMILES string of the molecule is CCNCC1CC2(C1)CC(F)(F)C2. The Kier molecular flexibility index (Phi) is 2.10. The van der Waals surface area contributed by atoms with E-state index < -0.39 is 5.92 Å². The molecule has 0 heterocycles. The first kappa shape index (κ1) is 9.38. The van der Waals surface area contributed by atoms with Gasteiger partial charge < -0.3 is 5.32 Å². The van der Waals surface area contributed by atoms with E-state index in [2.05, 4.69) is 12.2 Å². The monoisotopic (exact) mass is 189 g/mol. The average Bonchev–Trinajstić information content (AvgIpc) is 1.91. The molecule has 0 aromatic heterocycles. The third-order valence-corrected chi connectivity index (χ3v) is 3.39. The summed E-state index contributed by atoms with van der Waals surface area (Å²) in [4.78, 5) is 0. The molecule has 2 aliphatic rings. The Bertz CT molecular complexity index is 187. The van der Waals surface area contributed by atoms with Gasteiger partial charge in [0.15, 0.2) is 0 Å². The van der Waals surface area contributed by atoms with Gasteiger partial charge in [0.2, 0.25) is 5.92 Å². The van der Waals surface area contributed by atoms with Crippen molar-refractivity contribution in [1.29, 1.82) is 0 Å². The summed E-state index contributed by atoms with van der Waals surface area (Å²) in [5, 5.41) is 3.27. The largest absolute Gasteiger partial charge is 0.317 e. The van der Waals surface area contributed by atoms with Crippen LogP contribution >= 0.6 is 0 Å². The first-order chi connectivity index (χ1) is 6.05. The predicted molar refractivity (Wildman–Crippen MR) is 47.9 cm³/mol. The first-order valence-electron chi connectivity index (χ1n) is 5.14. The van der Waals surface area contributed by atoms with Crippen LogP contribution in [0.2, 0.25) is 0 Å². The summed E-state index contributed by atoms with van der Waals surface area (Å²) in [5.74, 6) is -1.67. The number of rotatable bonds is 3. The van der Waals surface area contributed by atoms with Crippen molar-refractivity contribution in [1.82, 2.24) is 5.32 Å². The normalized spacial score (nSPS) is 29.8. The number of nitrogens with one attached hydrogen (secondary N) is 1. The maximum atomic E-state index is 12.6. The van der Waals surface area contributed by atoms with E-state index in [1.165, 1.54) is 0 Å². The van der Waals surface area contributed by atoms with E-state index in [1.54, 1.807) is 0 Å². The van der Waals surface area contributed by atoms with Crippen LogP contribution < -0.4 is 5.32 Å². The molecule has 2 fully saturated rings. The van der Waals surface area contributed by atoms with Gasteiger partial charge in [-0.3, -0.25) is 0 Å². The van der Waals surface area contributed by atoms with Gasteiger partial charge >= 0.3 is 0 Å². The summed E-state index contributed by atoms with van der Waals surface area (Å²) >= 11 is 0. The van der Waals surface area contributed by atoms with Gasteiger partial charge in [0, 0.05) is 12.8 Å². The zero-order valence-corrected chi connectivity index (χ0v) is 8.08. The van der Waals surface area contributed by atoms with Crippen molar-refractivity contribution < 1.29 is 8.78 Å². The molecule has 13 heavy (non-hydrogen) atoms. The molecule has 2 aliphatic carbocycles. The van der Waals surface area contributed by atoms with Crippen molar-refractivity contribution in [3.8, 4) is 0 Å². The molecular formula is C10H17F2N. The highest BCUT2D eigenvalue weighted by molar-refractivity contribution is 5.06. The third-order valence-electron chi connectivity index (χ3n) is 3.39. The van der Waals surface area contributed by atoms with Gasteiger partial charge in [-0.1, -0.05) is 6.92 Å². The van der Waals surface area contributed by atoms with Gasteiger partial charge in [-0.2, -0.15) is 0 Å². The van der Waals surface area contributed by atoms with Crippen molar-refractivity contribution in [3.63, 3.8) is 0 Å². The average molecular weight is 189 g/mol. The quantitative estimate of drug-likeness (QED) is 0.719. The lowest BCUT2D eigenvalue weighted by atomic mass is 9.50. The van der Waals surface area contributed by atoms with Crippen LogP contribution in [0, 0.1) is 11.3 Å². The van der Waals surface area contributed by atoms with E-state index in [0.29, 0.717) is 5.92 Å². The summed E-state index contributed by atoms with van der Waals surface area (Å²) in [5.41, 5.74) is 0.0591. The van der Waals surface area contributed by atoms with Crippen LogP contribution in [-0.4, -0.2) is 19.0 Å². The highest BCUT2D eigenvalue weighted by atomic mass is 19.3. The minimum atomic E-state index is -2.33. The summed E-state index contributed by atoms with van der Waals surface area (Å²) in [6, 6.07) is 0. The minimum absolute atomic E-state index is 0.0591. The lowest BCUT2D eigenvalue weighted by Crippen LogP contribution is -2.55.